The summed E-state index contributed by atoms with van der Waals surface area (Å²) in [5.41, 5.74) is 6.61. The predicted octanol–water partition coefficient (Wildman–Crippen LogP) is 0.686. The molecule has 1 aliphatic rings. The lowest BCUT2D eigenvalue weighted by Gasteiger charge is -2.37. The van der Waals surface area contributed by atoms with Gasteiger partial charge in [0.15, 0.2) is 0 Å². The standard InChI is InChI=1S/C13H21FN4/c1-11(7-15)18-4-2-17(3-5-18)10-12-6-13(14)9-16-8-12/h6,8-9,11H,2-5,7,10,15H2,1H3. The summed E-state index contributed by atoms with van der Waals surface area (Å²) in [6, 6.07) is 2.00. The maximum Gasteiger partial charge on any atom is 0.141 e. The minimum absolute atomic E-state index is 0.261. The SMILES string of the molecule is CC(CN)N1CCN(Cc2cncc(F)c2)CC1. The third-order valence-corrected chi connectivity index (χ3v) is 3.54. The zero-order chi connectivity index (χ0) is 13.0. The van der Waals surface area contributed by atoms with E-state index < -0.39 is 0 Å². The zero-order valence-electron chi connectivity index (χ0n) is 10.8. The highest BCUT2D eigenvalue weighted by molar-refractivity contribution is 5.10. The van der Waals surface area contributed by atoms with Crippen molar-refractivity contribution in [3.63, 3.8) is 0 Å². The summed E-state index contributed by atoms with van der Waals surface area (Å²) < 4.78 is 13.0. The molecule has 2 rings (SSSR count). The van der Waals surface area contributed by atoms with Crippen LogP contribution in [-0.4, -0.2) is 53.5 Å². The summed E-state index contributed by atoms with van der Waals surface area (Å²) in [7, 11) is 0. The van der Waals surface area contributed by atoms with Crippen molar-refractivity contribution in [1.29, 1.82) is 0 Å². The molecule has 100 valence electrons. The number of hydrogen-bond donors (Lipinski definition) is 1. The van der Waals surface area contributed by atoms with Crippen LogP contribution >= 0.6 is 0 Å². The van der Waals surface area contributed by atoms with E-state index in [1.165, 1.54) is 6.20 Å². The Hall–Kier alpha value is -1.04. The average Bonchev–Trinajstić information content (AvgIpc) is 2.39. The normalized spacial score (nSPS) is 19.9. The van der Waals surface area contributed by atoms with Gasteiger partial charge in [-0.15, -0.1) is 0 Å². The number of nitrogens with zero attached hydrogens (tertiary/aromatic N) is 3. The lowest BCUT2D eigenvalue weighted by atomic mass is 10.2. The lowest BCUT2D eigenvalue weighted by Crippen LogP contribution is -2.51. The van der Waals surface area contributed by atoms with E-state index in [1.54, 1.807) is 12.3 Å². The monoisotopic (exact) mass is 252 g/mol. The molecule has 0 amide bonds. The molecule has 1 saturated heterocycles. The average molecular weight is 252 g/mol. The van der Waals surface area contributed by atoms with Gasteiger partial charge in [-0.25, -0.2) is 4.39 Å². The van der Waals surface area contributed by atoms with Crippen molar-refractivity contribution < 1.29 is 4.39 Å². The predicted molar refractivity (Wildman–Crippen MR) is 69.6 cm³/mol. The van der Waals surface area contributed by atoms with E-state index >= 15 is 0 Å². The Labute approximate surface area is 108 Å². The Balaban J connectivity index is 1.83. The van der Waals surface area contributed by atoms with Crippen molar-refractivity contribution in [1.82, 2.24) is 14.8 Å². The maximum atomic E-state index is 13.0. The van der Waals surface area contributed by atoms with Crippen molar-refractivity contribution in [3.05, 3.63) is 29.8 Å². The molecule has 0 spiro atoms. The Morgan fingerprint density at radius 2 is 2.06 bits per heavy atom. The molecule has 18 heavy (non-hydrogen) atoms. The molecule has 0 radical (unpaired) electrons. The first-order valence-electron chi connectivity index (χ1n) is 6.45. The molecule has 2 N–H and O–H groups in total. The molecular weight excluding hydrogens is 231 g/mol. The molecule has 1 aromatic heterocycles. The van der Waals surface area contributed by atoms with Crippen molar-refractivity contribution in [2.75, 3.05) is 32.7 Å². The zero-order valence-corrected chi connectivity index (χ0v) is 10.8. The van der Waals surface area contributed by atoms with Gasteiger partial charge in [-0.2, -0.15) is 0 Å². The number of piperazine rings is 1. The van der Waals surface area contributed by atoms with Crippen LogP contribution in [0.25, 0.3) is 0 Å². The summed E-state index contributed by atoms with van der Waals surface area (Å²) in [6.45, 7) is 7.69. The number of rotatable bonds is 4. The number of nitrogens with two attached hydrogens (primary N) is 1. The third kappa shape index (κ3) is 3.48. The van der Waals surface area contributed by atoms with Gasteiger partial charge in [0, 0.05) is 51.5 Å². The van der Waals surface area contributed by atoms with Crippen LogP contribution in [0, 0.1) is 5.82 Å². The highest BCUT2D eigenvalue weighted by Crippen LogP contribution is 2.10. The van der Waals surface area contributed by atoms with Crippen LogP contribution < -0.4 is 5.73 Å². The second kappa shape index (κ2) is 6.22. The van der Waals surface area contributed by atoms with E-state index in [4.69, 9.17) is 5.73 Å². The first kappa shape index (κ1) is 13.4. The fourth-order valence-corrected chi connectivity index (χ4v) is 2.31. The van der Waals surface area contributed by atoms with E-state index in [9.17, 15) is 4.39 Å². The topological polar surface area (TPSA) is 45.4 Å². The number of halogens is 1. The van der Waals surface area contributed by atoms with E-state index in [0.29, 0.717) is 12.6 Å². The minimum Gasteiger partial charge on any atom is -0.329 e. The minimum atomic E-state index is -0.261. The highest BCUT2D eigenvalue weighted by atomic mass is 19.1. The Morgan fingerprint density at radius 1 is 1.33 bits per heavy atom. The summed E-state index contributed by atoms with van der Waals surface area (Å²) in [5.74, 6) is -0.261. The molecule has 1 aliphatic heterocycles. The lowest BCUT2D eigenvalue weighted by molar-refractivity contribution is 0.100. The molecule has 0 aliphatic carbocycles. The highest BCUT2D eigenvalue weighted by Gasteiger charge is 2.20. The quantitative estimate of drug-likeness (QED) is 0.856. The molecule has 1 atom stereocenters. The second-order valence-electron chi connectivity index (χ2n) is 4.91. The summed E-state index contributed by atoms with van der Waals surface area (Å²) in [5, 5.41) is 0. The Morgan fingerprint density at radius 3 is 2.67 bits per heavy atom. The third-order valence-electron chi connectivity index (χ3n) is 3.54. The van der Waals surface area contributed by atoms with E-state index in [1.807, 2.05) is 0 Å². The number of hydrogen-bond acceptors (Lipinski definition) is 4. The van der Waals surface area contributed by atoms with Crippen LogP contribution in [0.4, 0.5) is 4.39 Å². The molecule has 1 unspecified atom stereocenters. The van der Waals surface area contributed by atoms with Crippen LogP contribution in [0.2, 0.25) is 0 Å². The van der Waals surface area contributed by atoms with Gasteiger partial charge in [0.1, 0.15) is 5.82 Å². The van der Waals surface area contributed by atoms with Gasteiger partial charge in [0.2, 0.25) is 0 Å². The molecule has 2 heterocycles. The van der Waals surface area contributed by atoms with E-state index in [-0.39, 0.29) is 5.82 Å². The molecule has 1 fully saturated rings. The molecular formula is C13H21FN4. The van der Waals surface area contributed by atoms with Crippen LogP contribution in [0.1, 0.15) is 12.5 Å². The molecule has 1 aromatic rings. The van der Waals surface area contributed by atoms with Gasteiger partial charge in [-0.05, 0) is 18.6 Å². The Kier molecular flexibility index (Phi) is 4.63. The van der Waals surface area contributed by atoms with Gasteiger partial charge in [-0.3, -0.25) is 14.8 Å². The van der Waals surface area contributed by atoms with Crippen LogP contribution in [-0.2, 0) is 6.54 Å². The van der Waals surface area contributed by atoms with E-state index in [2.05, 4.69) is 21.7 Å². The maximum absolute atomic E-state index is 13.0. The van der Waals surface area contributed by atoms with Crippen molar-refractivity contribution >= 4 is 0 Å². The fourth-order valence-electron chi connectivity index (χ4n) is 2.31. The van der Waals surface area contributed by atoms with Gasteiger partial charge < -0.3 is 5.73 Å². The van der Waals surface area contributed by atoms with Gasteiger partial charge >= 0.3 is 0 Å². The summed E-state index contributed by atoms with van der Waals surface area (Å²) in [4.78, 5) is 8.61. The summed E-state index contributed by atoms with van der Waals surface area (Å²) in [6.07, 6.45) is 2.97. The largest absolute Gasteiger partial charge is 0.329 e. The van der Waals surface area contributed by atoms with Crippen LogP contribution in [0.3, 0.4) is 0 Å². The van der Waals surface area contributed by atoms with Gasteiger partial charge in [0.05, 0.1) is 6.20 Å². The van der Waals surface area contributed by atoms with Crippen molar-refractivity contribution in [2.45, 2.75) is 19.5 Å². The first-order chi connectivity index (χ1) is 8.69. The molecule has 0 aromatic carbocycles. The van der Waals surface area contributed by atoms with Crippen LogP contribution in [0.15, 0.2) is 18.5 Å². The molecule has 0 saturated carbocycles. The number of aromatic nitrogens is 1. The number of pyridine rings is 1. The fraction of sp³-hybridized carbons (Fsp3) is 0.615. The summed E-state index contributed by atoms with van der Waals surface area (Å²) >= 11 is 0. The molecule has 4 nitrogen and oxygen atoms in total. The second-order valence-corrected chi connectivity index (χ2v) is 4.91. The smallest absolute Gasteiger partial charge is 0.141 e. The molecule has 5 heteroatoms. The van der Waals surface area contributed by atoms with Gasteiger partial charge in [0.25, 0.3) is 0 Å². The Bertz CT molecular complexity index is 377. The van der Waals surface area contributed by atoms with Crippen molar-refractivity contribution in [3.8, 4) is 0 Å². The van der Waals surface area contributed by atoms with Crippen LogP contribution in [0.5, 0.6) is 0 Å². The van der Waals surface area contributed by atoms with E-state index in [0.717, 1.165) is 38.3 Å². The molecule has 0 bridgehead atoms. The first-order valence-corrected chi connectivity index (χ1v) is 6.45. The van der Waals surface area contributed by atoms with Crippen molar-refractivity contribution in [2.24, 2.45) is 5.73 Å². The van der Waals surface area contributed by atoms with Gasteiger partial charge in [-0.1, -0.05) is 0 Å².